The fraction of sp³-hybridized carbons (Fsp3) is 0.0909. The number of benzene rings is 1. The molecule has 3 aromatic rings. The Kier molecular flexibility index (Phi) is 2.68. The summed E-state index contributed by atoms with van der Waals surface area (Å²) < 4.78 is 52.9. The third-order valence-corrected chi connectivity index (χ3v) is 3.58. The lowest BCUT2D eigenvalue weighted by Gasteiger charge is -2.06. The van der Waals surface area contributed by atoms with E-state index in [1.165, 1.54) is 16.9 Å². The number of aromatic nitrogens is 3. The highest BCUT2D eigenvalue weighted by Crippen LogP contribution is 2.35. The molecule has 9 heteroatoms. The fourth-order valence-electron chi connectivity index (χ4n) is 1.70. The van der Waals surface area contributed by atoms with Crippen LogP contribution in [0.4, 0.5) is 23.4 Å². The highest BCUT2D eigenvalue weighted by molar-refractivity contribution is 7.20. The van der Waals surface area contributed by atoms with E-state index in [-0.39, 0.29) is 11.3 Å². The van der Waals surface area contributed by atoms with Gasteiger partial charge in [0.2, 0.25) is 5.13 Å². The molecular formula is C11H6F4N4S. The third-order valence-electron chi connectivity index (χ3n) is 2.58. The van der Waals surface area contributed by atoms with Crippen molar-refractivity contribution in [2.45, 2.75) is 6.18 Å². The van der Waals surface area contributed by atoms with Crippen molar-refractivity contribution < 1.29 is 17.6 Å². The molecule has 1 aromatic carbocycles. The minimum Gasteiger partial charge on any atom is -0.382 e. The Hall–Kier alpha value is -2.16. The molecule has 0 aliphatic rings. The number of nitrogens with zero attached hydrogens (tertiary/aromatic N) is 3. The van der Waals surface area contributed by atoms with Crippen molar-refractivity contribution in [3.63, 3.8) is 0 Å². The molecule has 104 valence electrons. The summed E-state index contributed by atoms with van der Waals surface area (Å²) in [5, 5.41) is 4.21. The average Bonchev–Trinajstić information content (AvgIpc) is 2.92. The summed E-state index contributed by atoms with van der Waals surface area (Å²) in [6.07, 6.45) is -3.23. The molecule has 2 N–H and O–H groups in total. The van der Waals surface area contributed by atoms with Gasteiger partial charge in [-0.25, -0.2) is 14.1 Å². The number of alkyl halides is 3. The van der Waals surface area contributed by atoms with E-state index in [4.69, 9.17) is 5.73 Å². The van der Waals surface area contributed by atoms with Crippen molar-refractivity contribution in [2.75, 3.05) is 5.73 Å². The van der Waals surface area contributed by atoms with Crippen molar-refractivity contribution >= 4 is 27.4 Å². The molecule has 20 heavy (non-hydrogen) atoms. The van der Waals surface area contributed by atoms with Crippen molar-refractivity contribution in [3.05, 3.63) is 35.8 Å². The van der Waals surface area contributed by atoms with Gasteiger partial charge in [-0.05, 0) is 12.1 Å². The van der Waals surface area contributed by atoms with Gasteiger partial charge < -0.3 is 5.73 Å². The first-order valence-corrected chi connectivity index (χ1v) is 6.15. The average molecular weight is 302 g/mol. The molecule has 0 fully saturated rings. The number of nitrogen functional groups attached to an aromatic ring is 1. The summed E-state index contributed by atoms with van der Waals surface area (Å²) in [6, 6.07) is 3.04. The summed E-state index contributed by atoms with van der Waals surface area (Å²) in [4.78, 5) is 4.01. The maximum atomic E-state index is 13.4. The Morgan fingerprint density at radius 2 is 2.00 bits per heavy atom. The zero-order valence-corrected chi connectivity index (χ0v) is 10.5. The normalized spacial score (nSPS) is 12.2. The molecule has 0 aliphatic carbocycles. The van der Waals surface area contributed by atoms with E-state index in [0.717, 1.165) is 17.4 Å². The molecule has 0 spiro atoms. The smallest absolute Gasteiger partial charge is 0.382 e. The number of nitrogens with two attached hydrogens (primary N) is 1. The van der Waals surface area contributed by atoms with Crippen molar-refractivity contribution in [3.8, 4) is 5.13 Å². The summed E-state index contributed by atoms with van der Waals surface area (Å²) in [5.41, 5.74) is 4.18. The first-order chi connectivity index (χ1) is 9.34. The molecule has 0 bridgehead atoms. The second kappa shape index (κ2) is 4.17. The van der Waals surface area contributed by atoms with E-state index in [0.29, 0.717) is 15.9 Å². The quantitative estimate of drug-likeness (QED) is 0.702. The van der Waals surface area contributed by atoms with Gasteiger partial charge in [0.15, 0.2) is 0 Å². The van der Waals surface area contributed by atoms with Crippen molar-refractivity contribution in [1.82, 2.24) is 14.8 Å². The molecule has 0 aliphatic heterocycles. The fourth-order valence-corrected chi connectivity index (χ4v) is 2.60. The largest absolute Gasteiger partial charge is 0.419 e. The van der Waals surface area contributed by atoms with Crippen LogP contribution in [0.3, 0.4) is 0 Å². The maximum absolute atomic E-state index is 13.4. The second-order valence-corrected chi connectivity index (χ2v) is 4.99. The van der Waals surface area contributed by atoms with E-state index < -0.39 is 17.6 Å². The van der Waals surface area contributed by atoms with Crippen LogP contribution in [-0.4, -0.2) is 14.8 Å². The van der Waals surface area contributed by atoms with Crippen LogP contribution >= 0.6 is 11.3 Å². The van der Waals surface area contributed by atoms with Gasteiger partial charge in [0.1, 0.15) is 11.6 Å². The first kappa shape index (κ1) is 12.9. The first-order valence-electron chi connectivity index (χ1n) is 5.33. The topological polar surface area (TPSA) is 56.7 Å². The van der Waals surface area contributed by atoms with Gasteiger partial charge in [-0.3, -0.25) is 0 Å². The van der Waals surface area contributed by atoms with Gasteiger partial charge in [0.25, 0.3) is 0 Å². The number of hydrogen-bond acceptors (Lipinski definition) is 4. The van der Waals surface area contributed by atoms with E-state index >= 15 is 0 Å². The number of thiazole rings is 1. The van der Waals surface area contributed by atoms with Crippen molar-refractivity contribution in [2.24, 2.45) is 0 Å². The van der Waals surface area contributed by atoms with Crippen LogP contribution in [0, 0.1) is 5.82 Å². The number of rotatable bonds is 1. The minimum atomic E-state index is -4.75. The molecule has 0 saturated carbocycles. The number of halogens is 4. The summed E-state index contributed by atoms with van der Waals surface area (Å²) >= 11 is 1.02. The van der Waals surface area contributed by atoms with Crippen LogP contribution in [-0.2, 0) is 6.18 Å². The number of anilines is 1. The van der Waals surface area contributed by atoms with Gasteiger partial charge in [0.05, 0.1) is 15.8 Å². The SMILES string of the molecule is Nc1ccn(-c2nc3cc(C(F)(F)F)c(F)cc3s2)n1. The summed E-state index contributed by atoms with van der Waals surface area (Å²) in [7, 11) is 0. The van der Waals surface area contributed by atoms with Gasteiger partial charge in [-0.1, -0.05) is 11.3 Å². The van der Waals surface area contributed by atoms with E-state index in [2.05, 4.69) is 10.1 Å². The molecular weight excluding hydrogens is 296 g/mol. The Bertz CT molecular complexity index is 789. The van der Waals surface area contributed by atoms with Crippen LogP contribution in [0.15, 0.2) is 24.4 Å². The van der Waals surface area contributed by atoms with E-state index in [9.17, 15) is 17.6 Å². The minimum absolute atomic E-state index is 0.0628. The van der Waals surface area contributed by atoms with Gasteiger partial charge in [0, 0.05) is 12.3 Å². The molecule has 2 heterocycles. The Labute approximate surface area is 113 Å². The molecule has 0 radical (unpaired) electrons. The lowest BCUT2D eigenvalue weighted by atomic mass is 10.2. The Morgan fingerprint density at radius 3 is 2.60 bits per heavy atom. The summed E-state index contributed by atoms with van der Waals surface area (Å²) in [5.74, 6) is -1.06. The standard InChI is InChI=1S/C11H6F4N4S/c12-6-4-8-7(3-5(6)11(13,14)15)17-10(20-8)19-2-1-9(16)18-19/h1-4H,(H2,16,18). The predicted molar refractivity (Wildman–Crippen MR) is 66.1 cm³/mol. The van der Waals surface area contributed by atoms with E-state index in [1.807, 2.05) is 0 Å². The highest BCUT2D eigenvalue weighted by Gasteiger charge is 2.34. The van der Waals surface area contributed by atoms with Crippen LogP contribution in [0.2, 0.25) is 0 Å². The third kappa shape index (κ3) is 2.09. The predicted octanol–water partition coefficient (Wildman–Crippen LogP) is 3.22. The molecule has 0 unspecified atom stereocenters. The number of fused-ring (bicyclic) bond motifs is 1. The van der Waals surface area contributed by atoms with Crippen LogP contribution < -0.4 is 5.73 Å². The van der Waals surface area contributed by atoms with Gasteiger partial charge in [-0.15, -0.1) is 5.10 Å². The van der Waals surface area contributed by atoms with Crippen LogP contribution in [0.25, 0.3) is 15.3 Å². The monoisotopic (exact) mass is 302 g/mol. The molecule has 3 rings (SSSR count). The zero-order chi connectivity index (χ0) is 14.5. The molecule has 0 saturated heterocycles. The number of hydrogen-bond donors (Lipinski definition) is 1. The summed E-state index contributed by atoms with van der Waals surface area (Å²) in [6.45, 7) is 0. The lowest BCUT2D eigenvalue weighted by Crippen LogP contribution is -2.07. The van der Waals surface area contributed by atoms with Crippen LogP contribution in [0.1, 0.15) is 5.56 Å². The molecule has 0 atom stereocenters. The highest BCUT2D eigenvalue weighted by atomic mass is 32.1. The van der Waals surface area contributed by atoms with Crippen LogP contribution in [0.5, 0.6) is 0 Å². The lowest BCUT2D eigenvalue weighted by molar-refractivity contribution is -0.139. The molecule has 4 nitrogen and oxygen atoms in total. The zero-order valence-electron chi connectivity index (χ0n) is 9.65. The molecule has 0 amide bonds. The van der Waals surface area contributed by atoms with Gasteiger partial charge in [-0.2, -0.15) is 13.2 Å². The van der Waals surface area contributed by atoms with E-state index in [1.54, 1.807) is 0 Å². The maximum Gasteiger partial charge on any atom is 0.419 e. The Morgan fingerprint density at radius 1 is 1.25 bits per heavy atom. The second-order valence-electron chi connectivity index (χ2n) is 3.98. The van der Waals surface area contributed by atoms with Gasteiger partial charge >= 0.3 is 6.18 Å². The van der Waals surface area contributed by atoms with Crippen molar-refractivity contribution in [1.29, 1.82) is 0 Å². The Balaban J connectivity index is 2.17. The molecule has 2 aromatic heterocycles.